The summed E-state index contributed by atoms with van der Waals surface area (Å²) in [7, 11) is 1.73. The number of aryl methyl sites for hydroxylation is 2. The Labute approximate surface area is 211 Å². The summed E-state index contributed by atoms with van der Waals surface area (Å²) in [5.41, 5.74) is 2.65. The Morgan fingerprint density at radius 2 is 1.78 bits per heavy atom. The third kappa shape index (κ3) is 4.24. The number of carbonyl (C=O) groups is 1. The van der Waals surface area contributed by atoms with Crippen molar-refractivity contribution in [3.05, 3.63) is 98.3 Å². The molecule has 0 atom stereocenters. The molecule has 9 heteroatoms. The van der Waals surface area contributed by atoms with Crippen LogP contribution in [0.3, 0.4) is 0 Å². The first-order valence-electron chi connectivity index (χ1n) is 11.6. The summed E-state index contributed by atoms with van der Waals surface area (Å²) < 4.78 is 20.4. The number of para-hydroxylation sites is 1. The first kappa shape index (κ1) is 23.9. The van der Waals surface area contributed by atoms with Crippen molar-refractivity contribution >= 4 is 22.6 Å². The molecule has 1 amide bonds. The molecule has 0 radical (unpaired) electrons. The molecule has 9 nitrogen and oxygen atoms in total. The standard InChI is InChI=1S/C28H25N3O6/c1-16-13-17(2)25-20(14-16)24(33)27(26(37-25)21-11-8-12-35-21)36-15-22(32)29-23-18(3)30(4)31(28(23)34)19-9-6-5-7-10-19/h5-14H,15H2,1-4H3,(H,29,32). The van der Waals surface area contributed by atoms with E-state index in [-0.39, 0.29) is 22.8 Å². The molecule has 3 aromatic heterocycles. The van der Waals surface area contributed by atoms with E-state index in [4.69, 9.17) is 13.6 Å². The predicted octanol–water partition coefficient (Wildman–Crippen LogP) is 4.49. The van der Waals surface area contributed by atoms with Gasteiger partial charge in [-0.3, -0.25) is 19.1 Å². The third-order valence-corrected chi connectivity index (χ3v) is 6.19. The lowest BCUT2D eigenvalue weighted by Gasteiger charge is -2.12. The summed E-state index contributed by atoms with van der Waals surface area (Å²) in [5.74, 6) is -0.367. The van der Waals surface area contributed by atoms with Crippen LogP contribution in [0.2, 0.25) is 0 Å². The number of nitrogens with one attached hydrogen (secondary N) is 1. The van der Waals surface area contributed by atoms with E-state index in [0.29, 0.717) is 28.1 Å². The summed E-state index contributed by atoms with van der Waals surface area (Å²) in [5, 5.41) is 2.98. The van der Waals surface area contributed by atoms with Gasteiger partial charge in [0.15, 0.2) is 12.4 Å². The van der Waals surface area contributed by atoms with Crippen molar-refractivity contribution in [2.75, 3.05) is 11.9 Å². The number of carbonyl (C=O) groups excluding carboxylic acids is 1. The van der Waals surface area contributed by atoms with Crippen molar-refractivity contribution in [2.45, 2.75) is 20.8 Å². The first-order chi connectivity index (χ1) is 17.8. The van der Waals surface area contributed by atoms with Crippen LogP contribution in [0.5, 0.6) is 5.75 Å². The largest absolute Gasteiger partial charge is 0.476 e. The van der Waals surface area contributed by atoms with Crippen LogP contribution in [0.4, 0.5) is 5.69 Å². The zero-order valence-corrected chi connectivity index (χ0v) is 20.8. The summed E-state index contributed by atoms with van der Waals surface area (Å²) in [6.07, 6.45) is 1.45. The molecule has 37 heavy (non-hydrogen) atoms. The van der Waals surface area contributed by atoms with Gasteiger partial charge in [0, 0.05) is 7.05 Å². The Hall–Kier alpha value is -4.79. The summed E-state index contributed by atoms with van der Waals surface area (Å²) in [6.45, 7) is 4.94. The van der Waals surface area contributed by atoms with Crippen LogP contribution in [0, 0.1) is 20.8 Å². The molecule has 0 spiro atoms. The highest BCUT2D eigenvalue weighted by molar-refractivity contribution is 5.92. The van der Waals surface area contributed by atoms with Gasteiger partial charge in [0.05, 0.1) is 23.0 Å². The molecule has 0 fully saturated rings. The molecule has 0 saturated heterocycles. The van der Waals surface area contributed by atoms with Crippen molar-refractivity contribution < 1.29 is 18.4 Å². The average Bonchev–Trinajstić information content (AvgIpc) is 3.48. The van der Waals surface area contributed by atoms with Gasteiger partial charge in [0.1, 0.15) is 11.3 Å². The van der Waals surface area contributed by atoms with Gasteiger partial charge in [-0.1, -0.05) is 24.3 Å². The highest BCUT2D eigenvalue weighted by Crippen LogP contribution is 2.32. The molecule has 0 aliphatic rings. The molecule has 188 valence electrons. The lowest BCUT2D eigenvalue weighted by molar-refractivity contribution is -0.118. The fourth-order valence-corrected chi connectivity index (χ4v) is 4.36. The second-order valence-electron chi connectivity index (χ2n) is 8.80. The smallest absolute Gasteiger partial charge is 0.295 e. The minimum atomic E-state index is -0.601. The van der Waals surface area contributed by atoms with E-state index >= 15 is 0 Å². The van der Waals surface area contributed by atoms with E-state index in [0.717, 1.165) is 11.1 Å². The van der Waals surface area contributed by atoms with E-state index in [9.17, 15) is 14.4 Å². The molecule has 0 aliphatic carbocycles. The maximum atomic E-state index is 13.4. The van der Waals surface area contributed by atoms with Gasteiger partial charge >= 0.3 is 0 Å². The van der Waals surface area contributed by atoms with Crippen molar-refractivity contribution in [3.63, 3.8) is 0 Å². The van der Waals surface area contributed by atoms with Crippen molar-refractivity contribution in [2.24, 2.45) is 7.05 Å². The van der Waals surface area contributed by atoms with E-state index in [2.05, 4.69) is 5.32 Å². The van der Waals surface area contributed by atoms with Crippen LogP contribution in [-0.2, 0) is 11.8 Å². The zero-order valence-electron chi connectivity index (χ0n) is 20.8. The van der Waals surface area contributed by atoms with E-state index in [1.54, 1.807) is 49.0 Å². The quantitative estimate of drug-likeness (QED) is 0.369. The number of benzene rings is 2. The minimum Gasteiger partial charge on any atom is -0.476 e. The Morgan fingerprint density at radius 3 is 2.49 bits per heavy atom. The lowest BCUT2D eigenvalue weighted by Crippen LogP contribution is -2.26. The number of ether oxygens (including phenoxy) is 1. The van der Waals surface area contributed by atoms with Gasteiger partial charge in [-0.05, 0) is 62.2 Å². The molecule has 5 aromatic rings. The van der Waals surface area contributed by atoms with Gasteiger partial charge in [0.2, 0.25) is 16.9 Å². The highest BCUT2D eigenvalue weighted by Gasteiger charge is 2.23. The fourth-order valence-electron chi connectivity index (χ4n) is 4.36. The number of furan rings is 1. The van der Waals surface area contributed by atoms with E-state index in [1.165, 1.54) is 10.9 Å². The lowest BCUT2D eigenvalue weighted by atomic mass is 10.1. The number of fused-ring (bicyclic) bond motifs is 1. The molecule has 0 unspecified atom stereocenters. The van der Waals surface area contributed by atoms with Gasteiger partial charge in [0.25, 0.3) is 11.5 Å². The van der Waals surface area contributed by atoms with Crippen molar-refractivity contribution in [3.8, 4) is 23.0 Å². The Morgan fingerprint density at radius 1 is 1.03 bits per heavy atom. The fraction of sp³-hybridized carbons (Fsp3) is 0.179. The van der Waals surface area contributed by atoms with Crippen molar-refractivity contribution in [1.82, 2.24) is 9.36 Å². The molecule has 3 heterocycles. The molecule has 0 saturated carbocycles. The summed E-state index contributed by atoms with van der Waals surface area (Å²) >= 11 is 0. The topological polar surface area (TPSA) is 109 Å². The second-order valence-corrected chi connectivity index (χ2v) is 8.80. The number of rotatable bonds is 6. The van der Waals surface area contributed by atoms with E-state index < -0.39 is 17.9 Å². The van der Waals surface area contributed by atoms with Crippen LogP contribution >= 0.6 is 0 Å². The Kier molecular flexibility index (Phi) is 6.04. The molecular weight excluding hydrogens is 474 g/mol. The maximum Gasteiger partial charge on any atom is 0.295 e. The number of hydrogen-bond donors (Lipinski definition) is 1. The predicted molar refractivity (Wildman–Crippen MR) is 140 cm³/mol. The van der Waals surface area contributed by atoms with Crippen LogP contribution in [0.1, 0.15) is 16.8 Å². The average molecular weight is 500 g/mol. The number of anilines is 1. The van der Waals surface area contributed by atoms with Gasteiger partial charge in [-0.25, -0.2) is 4.68 Å². The molecule has 1 N–H and O–H groups in total. The maximum absolute atomic E-state index is 13.4. The molecule has 0 bridgehead atoms. The number of nitrogens with zero attached hydrogens (tertiary/aromatic N) is 2. The molecule has 0 aliphatic heterocycles. The zero-order chi connectivity index (χ0) is 26.3. The summed E-state index contributed by atoms with van der Waals surface area (Å²) in [4.78, 5) is 39.4. The molecule has 5 rings (SSSR count). The minimum absolute atomic E-state index is 0.0876. The summed E-state index contributed by atoms with van der Waals surface area (Å²) in [6, 6.07) is 16.0. The van der Waals surface area contributed by atoms with E-state index in [1.807, 2.05) is 38.1 Å². The van der Waals surface area contributed by atoms with Crippen LogP contribution < -0.4 is 21.0 Å². The van der Waals surface area contributed by atoms with Gasteiger partial charge in [-0.2, -0.15) is 0 Å². The molecule has 2 aromatic carbocycles. The number of amides is 1. The Bertz CT molecular complexity index is 1740. The SMILES string of the molecule is Cc1cc(C)c2oc(-c3ccco3)c(OCC(=O)Nc3c(C)n(C)n(-c4ccccc4)c3=O)c(=O)c2c1. The molecular formula is C28H25N3O6. The second kappa shape index (κ2) is 9.34. The van der Waals surface area contributed by atoms with Gasteiger partial charge < -0.3 is 18.9 Å². The first-order valence-corrected chi connectivity index (χ1v) is 11.6. The monoisotopic (exact) mass is 499 g/mol. The third-order valence-electron chi connectivity index (χ3n) is 6.19. The number of aromatic nitrogens is 2. The Balaban J connectivity index is 1.47. The van der Waals surface area contributed by atoms with Gasteiger partial charge in [-0.15, -0.1) is 0 Å². The van der Waals surface area contributed by atoms with Crippen LogP contribution in [0.15, 0.2) is 79.3 Å². The van der Waals surface area contributed by atoms with Crippen molar-refractivity contribution in [1.29, 1.82) is 0 Å². The highest BCUT2D eigenvalue weighted by atomic mass is 16.5. The normalized spacial score (nSPS) is 11.1. The number of hydrogen-bond acceptors (Lipinski definition) is 6. The van der Waals surface area contributed by atoms with Crippen LogP contribution in [-0.4, -0.2) is 21.9 Å². The van der Waals surface area contributed by atoms with Crippen LogP contribution in [0.25, 0.3) is 28.2 Å².